The van der Waals surface area contributed by atoms with Crippen molar-refractivity contribution in [2.45, 2.75) is 20.4 Å². The van der Waals surface area contributed by atoms with Crippen molar-refractivity contribution in [3.8, 4) is 0 Å². The molecule has 0 unspecified atom stereocenters. The quantitative estimate of drug-likeness (QED) is 0.837. The molecule has 0 aromatic heterocycles. The van der Waals surface area contributed by atoms with Crippen LogP contribution in [-0.4, -0.2) is 0 Å². The van der Waals surface area contributed by atoms with Crippen molar-refractivity contribution in [1.29, 1.82) is 0 Å². The first kappa shape index (κ1) is 11.6. The predicted molar refractivity (Wildman–Crippen MR) is 69.6 cm³/mol. The van der Waals surface area contributed by atoms with E-state index in [1.54, 1.807) is 0 Å². The highest BCUT2D eigenvalue weighted by atomic mass is 19.1. The summed E-state index contributed by atoms with van der Waals surface area (Å²) < 4.78 is 13.2. The molecule has 2 aromatic carbocycles. The smallest absolute Gasteiger partial charge is 0.125 e. The molecule has 0 fully saturated rings. The maximum absolute atomic E-state index is 13.2. The van der Waals surface area contributed by atoms with E-state index < -0.39 is 0 Å². The van der Waals surface area contributed by atoms with Crippen molar-refractivity contribution in [2.75, 3.05) is 5.32 Å². The summed E-state index contributed by atoms with van der Waals surface area (Å²) in [6, 6.07) is 13.3. The predicted octanol–water partition coefficient (Wildman–Crippen LogP) is 4.05. The minimum absolute atomic E-state index is 0.197. The Morgan fingerprint density at radius 1 is 1.00 bits per heavy atom. The van der Waals surface area contributed by atoms with Crippen molar-refractivity contribution in [3.63, 3.8) is 0 Å². The van der Waals surface area contributed by atoms with Gasteiger partial charge in [0.2, 0.25) is 0 Å². The summed E-state index contributed by atoms with van der Waals surface area (Å²) in [4.78, 5) is 0. The summed E-state index contributed by atoms with van der Waals surface area (Å²) in [7, 11) is 0. The molecule has 17 heavy (non-hydrogen) atoms. The Kier molecular flexibility index (Phi) is 3.43. The first-order valence-electron chi connectivity index (χ1n) is 5.70. The van der Waals surface area contributed by atoms with Crippen LogP contribution < -0.4 is 5.32 Å². The van der Waals surface area contributed by atoms with E-state index in [1.165, 1.54) is 23.3 Å². The van der Waals surface area contributed by atoms with Crippen molar-refractivity contribution >= 4 is 5.69 Å². The van der Waals surface area contributed by atoms with Gasteiger partial charge in [0, 0.05) is 12.2 Å². The van der Waals surface area contributed by atoms with Gasteiger partial charge >= 0.3 is 0 Å². The van der Waals surface area contributed by atoms with E-state index >= 15 is 0 Å². The fourth-order valence-electron chi connectivity index (χ4n) is 1.86. The Balaban J connectivity index is 2.07. The highest BCUT2D eigenvalue weighted by Crippen LogP contribution is 2.14. The van der Waals surface area contributed by atoms with Crippen LogP contribution in [0.5, 0.6) is 0 Å². The summed E-state index contributed by atoms with van der Waals surface area (Å²) in [5.74, 6) is -0.197. The SMILES string of the molecule is Cc1cccc(CNc2cc(C)cc(F)c2)c1. The third kappa shape index (κ3) is 3.31. The highest BCUT2D eigenvalue weighted by Gasteiger charge is 1.98. The average molecular weight is 229 g/mol. The zero-order valence-electron chi connectivity index (χ0n) is 10.1. The minimum atomic E-state index is -0.197. The van der Waals surface area contributed by atoms with Crippen molar-refractivity contribution in [3.05, 3.63) is 65.0 Å². The molecule has 0 bridgehead atoms. The van der Waals surface area contributed by atoms with E-state index in [0.29, 0.717) is 6.54 Å². The minimum Gasteiger partial charge on any atom is -0.381 e. The van der Waals surface area contributed by atoms with Gasteiger partial charge in [-0.05, 0) is 43.2 Å². The summed E-state index contributed by atoms with van der Waals surface area (Å²) in [5.41, 5.74) is 4.19. The molecule has 0 amide bonds. The number of nitrogens with one attached hydrogen (secondary N) is 1. The van der Waals surface area contributed by atoms with E-state index in [-0.39, 0.29) is 5.82 Å². The number of aryl methyl sites for hydroxylation is 2. The number of benzene rings is 2. The fraction of sp³-hybridized carbons (Fsp3) is 0.200. The van der Waals surface area contributed by atoms with E-state index in [0.717, 1.165) is 11.3 Å². The van der Waals surface area contributed by atoms with Gasteiger partial charge in [0.15, 0.2) is 0 Å². The molecule has 0 aliphatic heterocycles. The lowest BCUT2D eigenvalue weighted by Crippen LogP contribution is -2.00. The first-order chi connectivity index (χ1) is 8.13. The summed E-state index contributed by atoms with van der Waals surface area (Å²) in [6.07, 6.45) is 0. The molecule has 1 N–H and O–H groups in total. The molecule has 2 heteroatoms. The lowest BCUT2D eigenvalue weighted by atomic mass is 10.1. The molecule has 0 radical (unpaired) electrons. The maximum atomic E-state index is 13.2. The van der Waals surface area contributed by atoms with Crippen LogP contribution in [0.3, 0.4) is 0 Å². The molecule has 2 aromatic rings. The number of anilines is 1. The van der Waals surface area contributed by atoms with Gasteiger partial charge in [0.05, 0.1) is 0 Å². The Morgan fingerprint density at radius 2 is 1.82 bits per heavy atom. The zero-order chi connectivity index (χ0) is 12.3. The second kappa shape index (κ2) is 5.00. The average Bonchev–Trinajstić information content (AvgIpc) is 2.25. The molecule has 0 aliphatic rings. The van der Waals surface area contributed by atoms with E-state index in [9.17, 15) is 4.39 Å². The lowest BCUT2D eigenvalue weighted by molar-refractivity contribution is 0.627. The molecule has 0 atom stereocenters. The second-order valence-corrected chi connectivity index (χ2v) is 4.36. The molecule has 0 saturated heterocycles. The Hall–Kier alpha value is -1.83. The summed E-state index contributed by atoms with van der Waals surface area (Å²) in [5, 5.41) is 3.23. The molecule has 0 saturated carbocycles. The largest absolute Gasteiger partial charge is 0.381 e. The van der Waals surface area contributed by atoms with Crippen LogP contribution in [0.1, 0.15) is 16.7 Å². The van der Waals surface area contributed by atoms with Crippen LogP contribution in [0.25, 0.3) is 0 Å². The molecular weight excluding hydrogens is 213 g/mol. The van der Waals surface area contributed by atoms with Crippen LogP contribution in [0, 0.1) is 19.7 Å². The standard InChI is InChI=1S/C15H16FN/c1-11-4-3-5-13(6-11)10-17-15-8-12(2)7-14(16)9-15/h3-9,17H,10H2,1-2H3. The molecule has 0 heterocycles. The maximum Gasteiger partial charge on any atom is 0.125 e. The van der Waals surface area contributed by atoms with Crippen LogP contribution in [-0.2, 0) is 6.54 Å². The van der Waals surface area contributed by atoms with Gasteiger partial charge in [-0.25, -0.2) is 4.39 Å². The third-order valence-electron chi connectivity index (χ3n) is 2.62. The molecule has 0 spiro atoms. The van der Waals surface area contributed by atoms with Gasteiger partial charge in [0.1, 0.15) is 5.82 Å². The topological polar surface area (TPSA) is 12.0 Å². The summed E-state index contributed by atoms with van der Waals surface area (Å²) in [6.45, 7) is 4.67. The third-order valence-corrected chi connectivity index (χ3v) is 2.62. The van der Waals surface area contributed by atoms with Gasteiger partial charge in [-0.3, -0.25) is 0 Å². The molecule has 0 aliphatic carbocycles. The van der Waals surface area contributed by atoms with Gasteiger partial charge < -0.3 is 5.32 Å². The van der Waals surface area contributed by atoms with Crippen LogP contribution in [0.15, 0.2) is 42.5 Å². The number of rotatable bonds is 3. The fourth-order valence-corrected chi connectivity index (χ4v) is 1.86. The monoisotopic (exact) mass is 229 g/mol. The van der Waals surface area contributed by atoms with Crippen LogP contribution in [0.4, 0.5) is 10.1 Å². The van der Waals surface area contributed by atoms with E-state index in [4.69, 9.17) is 0 Å². The van der Waals surface area contributed by atoms with Crippen LogP contribution in [0.2, 0.25) is 0 Å². The van der Waals surface area contributed by atoms with Gasteiger partial charge in [-0.1, -0.05) is 29.8 Å². The summed E-state index contributed by atoms with van der Waals surface area (Å²) >= 11 is 0. The molecule has 1 nitrogen and oxygen atoms in total. The highest BCUT2D eigenvalue weighted by molar-refractivity contribution is 5.46. The van der Waals surface area contributed by atoms with Crippen molar-refractivity contribution < 1.29 is 4.39 Å². The molecular formula is C15H16FN. The normalized spacial score (nSPS) is 10.3. The van der Waals surface area contributed by atoms with E-state index in [1.807, 2.05) is 19.1 Å². The molecule has 88 valence electrons. The molecule has 2 rings (SSSR count). The zero-order valence-corrected chi connectivity index (χ0v) is 10.1. The first-order valence-corrected chi connectivity index (χ1v) is 5.70. The van der Waals surface area contributed by atoms with Gasteiger partial charge in [0.25, 0.3) is 0 Å². The van der Waals surface area contributed by atoms with Crippen molar-refractivity contribution in [1.82, 2.24) is 0 Å². The Morgan fingerprint density at radius 3 is 2.53 bits per heavy atom. The number of hydrogen-bond donors (Lipinski definition) is 1. The number of halogens is 1. The van der Waals surface area contributed by atoms with Crippen LogP contribution >= 0.6 is 0 Å². The van der Waals surface area contributed by atoms with E-state index in [2.05, 4.69) is 30.4 Å². The van der Waals surface area contributed by atoms with Gasteiger partial charge in [-0.2, -0.15) is 0 Å². The second-order valence-electron chi connectivity index (χ2n) is 4.36. The lowest BCUT2D eigenvalue weighted by Gasteiger charge is -2.08. The number of hydrogen-bond acceptors (Lipinski definition) is 1. The Bertz CT molecular complexity index is 500. The Labute approximate surface area is 101 Å². The van der Waals surface area contributed by atoms with Crippen molar-refractivity contribution in [2.24, 2.45) is 0 Å². The van der Waals surface area contributed by atoms with Gasteiger partial charge in [-0.15, -0.1) is 0 Å².